The van der Waals surface area contributed by atoms with Crippen molar-refractivity contribution >= 4 is 17.0 Å². The summed E-state index contributed by atoms with van der Waals surface area (Å²) in [5.74, 6) is -0.709. The summed E-state index contributed by atoms with van der Waals surface area (Å²) in [6.45, 7) is 5.11. The molecule has 19 heavy (non-hydrogen) atoms. The van der Waals surface area contributed by atoms with Crippen LogP contribution < -0.4 is 0 Å². The molecule has 1 aromatic heterocycles. The number of nitrogens with zero attached hydrogens (tertiary/aromatic N) is 2. The molecule has 0 aliphatic rings. The Balaban J connectivity index is 1.97. The van der Waals surface area contributed by atoms with E-state index in [9.17, 15) is 4.79 Å². The molecule has 4 heteroatoms. The van der Waals surface area contributed by atoms with Gasteiger partial charge < -0.3 is 9.67 Å². The van der Waals surface area contributed by atoms with Gasteiger partial charge in [-0.1, -0.05) is 6.42 Å². The molecule has 0 saturated heterocycles. The number of hydrogen-bond donors (Lipinski definition) is 1. The third-order valence-corrected chi connectivity index (χ3v) is 3.53. The summed E-state index contributed by atoms with van der Waals surface area (Å²) >= 11 is 0. The van der Waals surface area contributed by atoms with Gasteiger partial charge in [0, 0.05) is 13.0 Å². The Morgan fingerprint density at radius 3 is 2.68 bits per heavy atom. The Bertz CT molecular complexity index is 587. The van der Waals surface area contributed by atoms with Gasteiger partial charge in [-0.3, -0.25) is 4.79 Å². The van der Waals surface area contributed by atoms with Crippen LogP contribution in [0, 0.1) is 13.8 Å². The minimum absolute atomic E-state index is 0.267. The molecular weight excluding hydrogens is 240 g/mol. The molecule has 0 radical (unpaired) electrons. The number of unbranched alkanes of at least 4 members (excludes halogenated alkanes) is 2. The largest absolute Gasteiger partial charge is 0.481 e. The van der Waals surface area contributed by atoms with Gasteiger partial charge in [-0.15, -0.1) is 0 Å². The van der Waals surface area contributed by atoms with Crippen molar-refractivity contribution in [3.05, 3.63) is 29.6 Å². The molecule has 1 heterocycles. The van der Waals surface area contributed by atoms with Crippen molar-refractivity contribution in [2.24, 2.45) is 0 Å². The van der Waals surface area contributed by atoms with E-state index >= 15 is 0 Å². The Labute approximate surface area is 113 Å². The quantitative estimate of drug-likeness (QED) is 0.811. The van der Waals surface area contributed by atoms with E-state index in [0.717, 1.165) is 31.3 Å². The second-order valence-electron chi connectivity index (χ2n) is 5.07. The molecule has 0 atom stereocenters. The van der Waals surface area contributed by atoms with Gasteiger partial charge in [0.05, 0.1) is 17.4 Å². The van der Waals surface area contributed by atoms with Crippen molar-refractivity contribution in [3.8, 4) is 0 Å². The molecule has 2 rings (SSSR count). The number of benzene rings is 1. The Hall–Kier alpha value is -1.84. The van der Waals surface area contributed by atoms with Crippen LogP contribution in [0.25, 0.3) is 11.0 Å². The van der Waals surface area contributed by atoms with E-state index < -0.39 is 5.97 Å². The first-order valence-electron chi connectivity index (χ1n) is 6.72. The molecule has 0 bridgehead atoms. The predicted molar refractivity (Wildman–Crippen MR) is 75.3 cm³/mol. The summed E-state index contributed by atoms with van der Waals surface area (Å²) in [5, 5.41) is 8.58. The minimum atomic E-state index is -0.709. The highest BCUT2D eigenvalue weighted by Gasteiger charge is 2.05. The maximum Gasteiger partial charge on any atom is 0.303 e. The van der Waals surface area contributed by atoms with E-state index in [2.05, 4.69) is 35.5 Å². The summed E-state index contributed by atoms with van der Waals surface area (Å²) in [6, 6.07) is 4.29. The van der Waals surface area contributed by atoms with Gasteiger partial charge in [0.1, 0.15) is 0 Å². The average molecular weight is 260 g/mol. The second-order valence-corrected chi connectivity index (χ2v) is 5.07. The first-order chi connectivity index (χ1) is 9.08. The maximum atomic E-state index is 10.4. The number of carbonyl (C=O) groups is 1. The van der Waals surface area contributed by atoms with E-state index in [0.29, 0.717) is 0 Å². The smallest absolute Gasteiger partial charge is 0.303 e. The molecule has 2 aromatic rings. The second kappa shape index (κ2) is 5.87. The average Bonchev–Trinajstić information content (AvgIpc) is 2.72. The molecule has 0 spiro atoms. The van der Waals surface area contributed by atoms with Crippen molar-refractivity contribution in [3.63, 3.8) is 0 Å². The van der Waals surface area contributed by atoms with Crippen molar-refractivity contribution in [1.82, 2.24) is 9.55 Å². The van der Waals surface area contributed by atoms with Crippen molar-refractivity contribution in [2.45, 2.75) is 46.1 Å². The Morgan fingerprint density at radius 2 is 1.95 bits per heavy atom. The van der Waals surface area contributed by atoms with Crippen LogP contribution in [0.15, 0.2) is 18.5 Å². The number of aryl methyl sites for hydroxylation is 3. The first kappa shape index (κ1) is 13.6. The Morgan fingerprint density at radius 1 is 1.21 bits per heavy atom. The highest BCUT2D eigenvalue weighted by molar-refractivity contribution is 5.77. The van der Waals surface area contributed by atoms with E-state index in [1.54, 1.807) is 0 Å². The summed E-state index contributed by atoms with van der Waals surface area (Å²) in [7, 11) is 0. The van der Waals surface area contributed by atoms with E-state index in [-0.39, 0.29) is 6.42 Å². The van der Waals surface area contributed by atoms with Crippen LogP contribution in [0.2, 0.25) is 0 Å². The van der Waals surface area contributed by atoms with Crippen LogP contribution in [0.1, 0.15) is 36.8 Å². The summed E-state index contributed by atoms with van der Waals surface area (Å²) in [4.78, 5) is 14.8. The summed E-state index contributed by atoms with van der Waals surface area (Å²) in [6.07, 6.45) is 4.83. The minimum Gasteiger partial charge on any atom is -0.481 e. The number of aromatic nitrogens is 2. The molecule has 0 aliphatic carbocycles. The molecule has 0 saturated carbocycles. The summed E-state index contributed by atoms with van der Waals surface area (Å²) < 4.78 is 2.16. The SMILES string of the molecule is Cc1cc2ncn(CCCCCC(=O)O)c2cc1C. The topological polar surface area (TPSA) is 55.1 Å². The molecule has 0 aliphatic heterocycles. The predicted octanol–water partition coefficient (Wildman–Crippen LogP) is 3.30. The standard InChI is InChI=1S/C15H20N2O2/c1-11-8-13-14(9-12(11)2)17(10-16-13)7-5-3-4-6-15(18)19/h8-10H,3-7H2,1-2H3,(H,18,19). The van der Waals surface area contributed by atoms with Crippen LogP contribution in [0.5, 0.6) is 0 Å². The lowest BCUT2D eigenvalue weighted by Crippen LogP contribution is -1.98. The third kappa shape index (κ3) is 3.34. The zero-order chi connectivity index (χ0) is 13.8. The van der Waals surface area contributed by atoms with Crippen molar-refractivity contribution in [2.75, 3.05) is 0 Å². The number of hydrogen-bond acceptors (Lipinski definition) is 2. The van der Waals surface area contributed by atoms with Gasteiger partial charge in [-0.2, -0.15) is 0 Å². The summed E-state index contributed by atoms with van der Waals surface area (Å²) in [5.41, 5.74) is 4.74. The number of rotatable bonds is 6. The van der Waals surface area contributed by atoms with Crippen LogP contribution in [0.4, 0.5) is 0 Å². The van der Waals surface area contributed by atoms with Gasteiger partial charge in [0.15, 0.2) is 0 Å². The van der Waals surface area contributed by atoms with Gasteiger partial charge in [-0.05, 0) is 49.9 Å². The number of carboxylic acids is 1. The fourth-order valence-corrected chi connectivity index (χ4v) is 2.23. The van der Waals surface area contributed by atoms with Gasteiger partial charge in [0.2, 0.25) is 0 Å². The molecule has 0 fully saturated rings. The molecule has 0 amide bonds. The van der Waals surface area contributed by atoms with Gasteiger partial charge in [0.25, 0.3) is 0 Å². The zero-order valence-corrected chi connectivity index (χ0v) is 11.5. The molecule has 0 unspecified atom stereocenters. The van der Waals surface area contributed by atoms with Crippen LogP contribution in [-0.4, -0.2) is 20.6 Å². The monoisotopic (exact) mass is 260 g/mol. The molecule has 4 nitrogen and oxygen atoms in total. The van der Waals surface area contributed by atoms with Gasteiger partial charge >= 0.3 is 5.97 Å². The molecule has 1 N–H and O–H groups in total. The zero-order valence-electron chi connectivity index (χ0n) is 11.5. The van der Waals surface area contributed by atoms with Crippen molar-refractivity contribution < 1.29 is 9.90 Å². The lowest BCUT2D eigenvalue weighted by Gasteiger charge is -2.05. The number of imidazole rings is 1. The van der Waals surface area contributed by atoms with Crippen LogP contribution in [-0.2, 0) is 11.3 Å². The number of aliphatic carboxylic acids is 1. The molecule has 102 valence electrons. The van der Waals surface area contributed by atoms with Gasteiger partial charge in [-0.25, -0.2) is 4.98 Å². The Kier molecular flexibility index (Phi) is 4.20. The fourth-order valence-electron chi connectivity index (χ4n) is 2.23. The lowest BCUT2D eigenvalue weighted by molar-refractivity contribution is -0.137. The van der Waals surface area contributed by atoms with Crippen LogP contribution in [0.3, 0.4) is 0 Å². The maximum absolute atomic E-state index is 10.4. The van der Waals surface area contributed by atoms with Crippen LogP contribution >= 0.6 is 0 Å². The van der Waals surface area contributed by atoms with E-state index in [4.69, 9.17) is 5.11 Å². The highest BCUT2D eigenvalue weighted by Crippen LogP contribution is 2.19. The van der Waals surface area contributed by atoms with E-state index in [1.165, 1.54) is 16.6 Å². The highest BCUT2D eigenvalue weighted by atomic mass is 16.4. The third-order valence-electron chi connectivity index (χ3n) is 3.53. The normalized spacial score (nSPS) is 11.1. The molecule has 1 aromatic carbocycles. The van der Waals surface area contributed by atoms with Crippen molar-refractivity contribution in [1.29, 1.82) is 0 Å². The lowest BCUT2D eigenvalue weighted by atomic mass is 10.1. The fraction of sp³-hybridized carbons (Fsp3) is 0.467. The number of carboxylic acid groups (broad SMARTS) is 1. The molecular formula is C15H20N2O2. The number of fused-ring (bicyclic) bond motifs is 1. The first-order valence-corrected chi connectivity index (χ1v) is 6.72. The van der Waals surface area contributed by atoms with E-state index in [1.807, 2.05) is 6.33 Å².